The summed E-state index contributed by atoms with van der Waals surface area (Å²) in [7, 11) is 0. The van der Waals surface area contributed by atoms with Crippen LogP contribution in [0, 0.1) is 6.92 Å². The standard InChI is InChI=1S/C9H12N2OS/c1-6-3-2-4-11-8(6)9(12)7(10)5-13/h2-4,7,13H,5,10H2,1H3/t7-/m0/s1. The second kappa shape index (κ2) is 4.39. The lowest BCUT2D eigenvalue weighted by Gasteiger charge is -2.07. The van der Waals surface area contributed by atoms with Crippen molar-refractivity contribution in [3.63, 3.8) is 0 Å². The molecular weight excluding hydrogens is 184 g/mol. The Morgan fingerprint density at radius 2 is 2.46 bits per heavy atom. The Bertz CT molecular complexity index is 314. The minimum Gasteiger partial charge on any atom is -0.320 e. The van der Waals surface area contributed by atoms with Gasteiger partial charge in [-0.2, -0.15) is 12.6 Å². The van der Waals surface area contributed by atoms with E-state index in [1.54, 1.807) is 12.3 Å². The van der Waals surface area contributed by atoms with Crippen LogP contribution in [0.15, 0.2) is 18.3 Å². The van der Waals surface area contributed by atoms with Gasteiger partial charge in [0.05, 0.1) is 6.04 Å². The monoisotopic (exact) mass is 196 g/mol. The second-order valence-electron chi connectivity index (χ2n) is 2.82. The molecule has 0 aliphatic rings. The quantitative estimate of drug-likeness (QED) is 0.556. The lowest BCUT2D eigenvalue weighted by atomic mass is 10.1. The van der Waals surface area contributed by atoms with E-state index in [4.69, 9.17) is 5.73 Å². The summed E-state index contributed by atoms with van der Waals surface area (Å²) in [6.07, 6.45) is 1.59. The molecule has 13 heavy (non-hydrogen) atoms. The summed E-state index contributed by atoms with van der Waals surface area (Å²) in [5.74, 6) is 0.197. The van der Waals surface area contributed by atoms with Gasteiger partial charge < -0.3 is 5.73 Å². The smallest absolute Gasteiger partial charge is 0.198 e. The van der Waals surface area contributed by atoms with E-state index >= 15 is 0 Å². The number of ketones is 1. The zero-order chi connectivity index (χ0) is 9.84. The van der Waals surface area contributed by atoms with Crippen LogP contribution in [0.5, 0.6) is 0 Å². The fourth-order valence-electron chi connectivity index (χ4n) is 1.00. The van der Waals surface area contributed by atoms with Gasteiger partial charge in [-0.15, -0.1) is 0 Å². The minimum absolute atomic E-state index is 0.145. The van der Waals surface area contributed by atoms with E-state index in [0.29, 0.717) is 11.4 Å². The first kappa shape index (κ1) is 10.2. The number of thiol groups is 1. The first-order valence-electron chi connectivity index (χ1n) is 3.99. The number of aryl methyl sites for hydroxylation is 1. The molecule has 70 valence electrons. The normalized spacial score (nSPS) is 12.5. The van der Waals surface area contributed by atoms with Crippen LogP contribution in [-0.4, -0.2) is 22.6 Å². The highest BCUT2D eigenvalue weighted by Crippen LogP contribution is 2.06. The summed E-state index contributed by atoms with van der Waals surface area (Å²) in [6.45, 7) is 1.84. The molecule has 1 heterocycles. The molecule has 0 amide bonds. The topological polar surface area (TPSA) is 56.0 Å². The number of rotatable bonds is 3. The van der Waals surface area contributed by atoms with Crippen molar-refractivity contribution in [1.29, 1.82) is 0 Å². The molecule has 1 aromatic heterocycles. The molecular formula is C9H12N2OS. The van der Waals surface area contributed by atoms with E-state index in [2.05, 4.69) is 17.6 Å². The molecule has 0 spiro atoms. The number of nitrogens with zero attached hydrogens (tertiary/aromatic N) is 1. The van der Waals surface area contributed by atoms with Gasteiger partial charge in [-0.1, -0.05) is 6.07 Å². The summed E-state index contributed by atoms with van der Waals surface area (Å²) in [5, 5.41) is 0. The van der Waals surface area contributed by atoms with E-state index in [1.165, 1.54) is 0 Å². The molecule has 0 saturated heterocycles. The van der Waals surface area contributed by atoms with Gasteiger partial charge in [-0.25, -0.2) is 0 Å². The van der Waals surface area contributed by atoms with Crippen molar-refractivity contribution in [1.82, 2.24) is 4.98 Å². The highest BCUT2D eigenvalue weighted by Gasteiger charge is 2.16. The molecule has 0 aliphatic carbocycles. The van der Waals surface area contributed by atoms with Crippen LogP contribution in [0.3, 0.4) is 0 Å². The summed E-state index contributed by atoms with van der Waals surface area (Å²) >= 11 is 3.97. The third-order valence-corrected chi connectivity index (χ3v) is 2.17. The lowest BCUT2D eigenvalue weighted by molar-refractivity contribution is 0.0964. The highest BCUT2D eigenvalue weighted by molar-refractivity contribution is 7.80. The maximum atomic E-state index is 11.6. The van der Waals surface area contributed by atoms with Crippen LogP contribution < -0.4 is 5.73 Å². The van der Waals surface area contributed by atoms with Crippen molar-refractivity contribution in [2.24, 2.45) is 5.73 Å². The fourth-order valence-corrected chi connectivity index (χ4v) is 1.17. The predicted molar refractivity (Wildman–Crippen MR) is 55.1 cm³/mol. The molecule has 1 aromatic rings. The first-order valence-corrected chi connectivity index (χ1v) is 4.62. The number of hydrogen-bond donors (Lipinski definition) is 2. The van der Waals surface area contributed by atoms with Gasteiger partial charge in [0.15, 0.2) is 5.78 Å². The molecule has 1 rings (SSSR count). The van der Waals surface area contributed by atoms with Gasteiger partial charge >= 0.3 is 0 Å². The zero-order valence-corrected chi connectivity index (χ0v) is 8.29. The molecule has 0 aromatic carbocycles. The Morgan fingerprint density at radius 3 is 3.00 bits per heavy atom. The van der Waals surface area contributed by atoms with E-state index in [0.717, 1.165) is 5.56 Å². The summed E-state index contributed by atoms with van der Waals surface area (Å²) in [6, 6.07) is 3.07. The van der Waals surface area contributed by atoms with Crippen LogP contribution in [-0.2, 0) is 0 Å². The maximum absolute atomic E-state index is 11.6. The highest BCUT2D eigenvalue weighted by atomic mass is 32.1. The number of nitrogens with two attached hydrogens (primary N) is 1. The number of carbonyl (C=O) groups is 1. The van der Waals surface area contributed by atoms with Crippen LogP contribution in [0.4, 0.5) is 0 Å². The third kappa shape index (κ3) is 2.29. The van der Waals surface area contributed by atoms with E-state index in [1.807, 2.05) is 13.0 Å². The van der Waals surface area contributed by atoms with Crippen LogP contribution in [0.1, 0.15) is 16.1 Å². The van der Waals surface area contributed by atoms with Crippen molar-refractivity contribution in [3.05, 3.63) is 29.6 Å². The Labute approximate surface area is 82.8 Å². The Balaban J connectivity index is 2.95. The Morgan fingerprint density at radius 1 is 1.77 bits per heavy atom. The maximum Gasteiger partial charge on any atom is 0.198 e. The van der Waals surface area contributed by atoms with Gasteiger partial charge in [0.2, 0.25) is 0 Å². The van der Waals surface area contributed by atoms with Gasteiger partial charge in [-0.05, 0) is 18.6 Å². The Hall–Kier alpha value is -0.870. The summed E-state index contributed by atoms with van der Waals surface area (Å²) in [5.41, 5.74) is 6.85. The predicted octanol–water partition coefficient (Wildman–Crippen LogP) is 0.830. The van der Waals surface area contributed by atoms with Gasteiger partial charge in [-0.3, -0.25) is 9.78 Å². The van der Waals surface area contributed by atoms with Crippen molar-refractivity contribution in [2.75, 3.05) is 5.75 Å². The minimum atomic E-state index is -0.558. The molecule has 1 atom stereocenters. The van der Waals surface area contributed by atoms with Crippen LogP contribution in [0.2, 0.25) is 0 Å². The average molecular weight is 196 g/mol. The largest absolute Gasteiger partial charge is 0.320 e. The molecule has 4 heteroatoms. The van der Waals surface area contributed by atoms with Crippen LogP contribution >= 0.6 is 12.6 Å². The number of carbonyl (C=O) groups excluding carboxylic acids is 1. The lowest BCUT2D eigenvalue weighted by Crippen LogP contribution is -2.33. The van der Waals surface area contributed by atoms with Gasteiger partial charge in [0.25, 0.3) is 0 Å². The number of hydrogen-bond acceptors (Lipinski definition) is 4. The fraction of sp³-hybridized carbons (Fsp3) is 0.333. The van der Waals surface area contributed by atoms with E-state index < -0.39 is 6.04 Å². The SMILES string of the molecule is Cc1cccnc1C(=O)[C@@H](N)CS. The van der Waals surface area contributed by atoms with Crippen LogP contribution in [0.25, 0.3) is 0 Å². The molecule has 0 radical (unpaired) electrons. The van der Waals surface area contributed by atoms with E-state index in [9.17, 15) is 4.79 Å². The average Bonchev–Trinajstić information content (AvgIpc) is 2.16. The molecule has 0 saturated carbocycles. The molecule has 0 bridgehead atoms. The van der Waals surface area contributed by atoms with E-state index in [-0.39, 0.29) is 5.78 Å². The Kier molecular flexibility index (Phi) is 3.45. The number of aromatic nitrogens is 1. The van der Waals surface area contributed by atoms with Crippen molar-refractivity contribution < 1.29 is 4.79 Å². The van der Waals surface area contributed by atoms with Gasteiger partial charge in [0.1, 0.15) is 5.69 Å². The molecule has 0 aliphatic heterocycles. The van der Waals surface area contributed by atoms with Crippen molar-refractivity contribution in [2.45, 2.75) is 13.0 Å². The molecule has 3 nitrogen and oxygen atoms in total. The molecule has 0 fully saturated rings. The van der Waals surface area contributed by atoms with Gasteiger partial charge in [0, 0.05) is 11.9 Å². The zero-order valence-electron chi connectivity index (χ0n) is 7.40. The van der Waals surface area contributed by atoms with Crippen molar-refractivity contribution in [3.8, 4) is 0 Å². The second-order valence-corrected chi connectivity index (χ2v) is 3.19. The number of pyridine rings is 1. The number of Topliss-reactive ketones (excluding diaryl/α,β-unsaturated/α-hetero) is 1. The van der Waals surface area contributed by atoms with Crippen molar-refractivity contribution >= 4 is 18.4 Å². The first-order chi connectivity index (χ1) is 6.16. The molecule has 2 N–H and O–H groups in total. The third-order valence-electron chi connectivity index (χ3n) is 1.78. The summed E-state index contributed by atoms with van der Waals surface area (Å²) in [4.78, 5) is 15.5. The summed E-state index contributed by atoms with van der Waals surface area (Å²) < 4.78 is 0. The molecule has 0 unspecified atom stereocenters.